The third kappa shape index (κ3) is 3.33. The predicted octanol–water partition coefficient (Wildman–Crippen LogP) is 3.03. The topological polar surface area (TPSA) is 30.9 Å². The van der Waals surface area contributed by atoms with E-state index in [4.69, 9.17) is 14.2 Å². The van der Waals surface area contributed by atoms with Crippen molar-refractivity contribution < 1.29 is 14.2 Å². The largest absolute Gasteiger partial charge is 0.485 e. The van der Waals surface area contributed by atoms with Crippen LogP contribution in [0.25, 0.3) is 0 Å². The van der Waals surface area contributed by atoms with Gasteiger partial charge in [0.1, 0.15) is 6.61 Å². The Hall–Kier alpha value is -2.04. The smallest absolute Gasteiger partial charge is 0.162 e. The molecule has 120 valence electrons. The van der Waals surface area contributed by atoms with Crippen LogP contribution in [0.5, 0.6) is 11.5 Å². The van der Waals surface area contributed by atoms with Crippen molar-refractivity contribution in [1.29, 1.82) is 0 Å². The molecular weight excluding hydrogens is 290 g/mol. The fourth-order valence-electron chi connectivity index (χ4n) is 3.04. The van der Waals surface area contributed by atoms with Gasteiger partial charge in [-0.25, -0.2) is 0 Å². The molecule has 4 rings (SSSR count). The van der Waals surface area contributed by atoms with E-state index in [9.17, 15) is 0 Å². The number of rotatable bonds is 3. The van der Waals surface area contributed by atoms with Crippen molar-refractivity contribution in [2.75, 3.05) is 32.9 Å². The molecule has 0 saturated carbocycles. The van der Waals surface area contributed by atoms with Gasteiger partial charge in [0.25, 0.3) is 0 Å². The molecule has 0 bridgehead atoms. The molecule has 2 heterocycles. The number of fused-ring (bicyclic) bond motifs is 1. The van der Waals surface area contributed by atoms with Crippen molar-refractivity contribution in [3.05, 3.63) is 59.7 Å². The second kappa shape index (κ2) is 6.60. The zero-order chi connectivity index (χ0) is 15.5. The number of hydrogen-bond acceptors (Lipinski definition) is 4. The third-order valence-electron chi connectivity index (χ3n) is 4.37. The summed E-state index contributed by atoms with van der Waals surface area (Å²) < 4.78 is 17.2. The van der Waals surface area contributed by atoms with E-state index in [0.717, 1.165) is 49.9 Å². The van der Waals surface area contributed by atoms with Crippen molar-refractivity contribution in [3.8, 4) is 11.5 Å². The van der Waals surface area contributed by atoms with E-state index in [0.29, 0.717) is 6.61 Å². The average Bonchev–Trinajstić information content (AvgIpc) is 2.63. The summed E-state index contributed by atoms with van der Waals surface area (Å²) in [6.45, 7) is 5.24. The Labute approximate surface area is 136 Å². The Morgan fingerprint density at radius 2 is 1.65 bits per heavy atom. The second-order valence-electron chi connectivity index (χ2n) is 5.99. The van der Waals surface area contributed by atoms with Crippen molar-refractivity contribution >= 4 is 0 Å². The molecule has 4 heteroatoms. The van der Waals surface area contributed by atoms with Crippen LogP contribution in [0.3, 0.4) is 0 Å². The van der Waals surface area contributed by atoms with Crippen LogP contribution in [0.2, 0.25) is 0 Å². The van der Waals surface area contributed by atoms with E-state index >= 15 is 0 Å². The van der Waals surface area contributed by atoms with Crippen molar-refractivity contribution in [2.45, 2.75) is 12.6 Å². The summed E-state index contributed by atoms with van der Waals surface area (Å²) in [6.07, 6.45) is -0.0395. The zero-order valence-corrected chi connectivity index (χ0v) is 13.1. The summed E-state index contributed by atoms with van der Waals surface area (Å²) in [6, 6.07) is 16.5. The van der Waals surface area contributed by atoms with Gasteiger partial charge in [-0.1, -0.05) is 36.4 Å². The van der Waals surface area contributed by atoms with Crippen LogP contribution in [0.15, 0.2) is 48.5 Å². The van der Waals surface area contributed by atoms with Crippen LogP contribution < -0.4 is 9.47 Å². The molecule has 2 aliphatic rings. The van der Waals surface area contributed by atoms with Crippen molar-refractivity contribution in [2.24, 2.45) is 0 Å². The highest BCUT2D eigenvalue weighted by Crippen LogP contribution is 2.35. The molecule has 23 heavy (non-hydrogen) atoms. The maximum atomic E-state index is 6.06. The van der Waals surface area contributed by atoms with Crippen LogP contribution in [-0.4, -0.2) is 37.8 Å². The van der Waals surface area contributed by atoms with E-state index in [1.807, 2.05) is 24.3 Å². The number of hydrogen-bond donors (Lipinski definition) is 0. The molecule has 0 amide bonds. The highest BCUT2D eigenvalue weighted by Gasteiger charge is 2.22. The average molecular weight is 311 g/mol. The molecule has 0 aliphatic carbocycles. The van der Waals surface area contributed by atoms with E-state index in [-0.39, 0.29) is 6.10 Å². The standard InChI is InChI=1S/C19H21NO3/c1-2-4-18-17(3-1)22-14-19(23-18)16-7-5-15(6-8-16)13-20-9-11-21-12-10-20/h1-8,19H,9-14H2. The molecule has 4 nitrogen and oxygen atoms in total. The minimum Gasteiger partial charge on any atom is -0.485 e. The Bertz CT molecular complexity index is 650. The molecule has 1 saturated heterocycles. The molecule has 1 unspecified atom stereocenters. The molecule has 1 fully saturated rings. The lowest BCUT2D eigenvalue weighted by molar-refractivity contribution is 0.0342. The van der Waals surface area contributed by atoms with Crippen molar-refractivity contribution in [1.82, 2.24) is 4.90 Å². The van der Waals surface area contributed by atoms with Gasteiger partial charge in [0.05, 0.1) is 13.2 Å². The quantitative estimate of drug-likeness (QED) is 0.872. The maximum Gasteiger partial charge on any atom is 0.162 e. The van der Waals surface area contributed by atoms with Gasteiger partial charge in [-0.2, -0.15) is 0 Å². The monoisotopic (exact) mass is 311 g/mol. The lowest BCUT2D eigenvalue weighted by atomic mass is 10.1. The summed E-state index contributed by atoms with van der Waals surface area (Å²) in [5, 5.41) is 0. The Balaban J connectivity index is 1.42. The molecular formula is C19H21NO3. The van der Waals surface area contributed by atoms with Crippen LogP contribution in [0, 0.1) is 0 Å². The highest BCUT2D eigenvalue weighted by atomic mass is 16.6. The van der Waals surface area contributed by atoms with Crippen LogP contribution in [0.4, 0.5) is 0 Å². The van der Waals surface area contributed by atoms with Crippen LogP contribution >= 0.6 is 0 Å². The Morgan fingerprint density at radius 1 is 0.913 bits per heavy atom. The molecule has 2 aliphatic heterocycles. The summed E-state index contributed by atoms with van der Waals surface area (Å²) in [5.74, 6) is 1.65. The molecule has 0 aromatic heterocycles. The minimum absolute atomic E-state index is 0.0395. The molecule has 0 N–H and O–H groups in total. The Kier molecular flexibility index (Phi) is 4.18. The first-order chi connectivity index (χ1) is 11.4. The van der Waals surface area contributed by atoms with Gasteiger partial charge in [-0.3, -0.25) is 4.90 Å². The predicted molar refractivity (Wildman–Crippen MR) is 87.8 cm³/mol. The first-order valence-electron chi connectivity index (χ1n) is 8.16. The molecule has 0 radical (unpaired) electrons. The van der Waals surface area contributed by atoms with Crippen LogP contribution in [-0.2, 0) is 11.3 Å². The fraction of sp³-hybridized carbons (Fsp3) is 0.368. The Morgan fingerprint density at radius 3 is 2.43 bits per heavy atom. The summed E-state index contributed by atoms with van der Waals surface area (Å²) in [7, 11) is 0. The normalized spacial score (nSPS) is 21.1. The lowest BCUT2D eigenvalue weighted by Crippen LogP contribution is -2.35. The van der Waals surface area contributed by atoms with Gasteiger partial charge in [-0.15, -0.1) is 0 Å². The van der Waals surface area contributed by atoms with E-state index in [1.165, 1.54) is 5.56 Å². The van der Waals surface area contributed by atoms with E-state index < -0.39 is 0 Å². The highest BCUT2D eigenvalue weighted by molar-refractivity contribution is 5.41. The summed E-state index contributed by atoms with van der Waals surface area (Å²) in [5.41, 5.74) is 2.48. The number of nitrogens with zero attached hydrogens (tertiary/aromatic N) is 1. The van der Waals surface area contributed by atoms with Crippen LogP contribution in [0.1, 0.15) is 17.2 Å². The number of para-hydroxylation sites is 2. The lowest BCUT2D eigenvalue weighted by Gasteiger charge is -2.28. The number of benzene rings is 2. The maximum absolute atomic E-state index is 6.06. The van der Waals surface area contributed by atoms with E-state index in [1.54, 1.807) is 0 Å². The fourth-order valence-corrected chi connectivity index (χ4v) is 3.04. The van der Waals surface area contributed by atoms with Crippen molar-refractivity contribution in [3.63, 3.8) is 0 Å². The number of morpholine rings is 1. The molecule has 2 aromatic rings. The minimum atomic E-state index is -0.0395. The molecule has 0 spiro atoms. The zero-order valence-electron chi connectivity index (χ0n) is 13.1. The van der Waals surface area contributed by atoms with Gasteiger partial charge in [0, 0.05) is 19.6 Å². The summed E-state index contributed by atoms with van der Waals surface area (Å²) >= 11 is 0. The van der Waals surface area contributed by atoms with Gasteiger partial charge in [0.15, 0.2) is 17.6 Å². The molecule has 2 aromatic carbocycles. The molecule has 1 atom stereocenters. The van der Waals surface area contributed by atoms with E-state index in [2.05, 4.69) is 29.2 Å². The second-order valence-corrected chi connectivity index (χ2v) is 5.99. The van der Waals surface area contributed by atoms with Gasteiger partial charge in [0.2, 0.25) is 0 Å². The van der Waals surface area contributed by atoms with Gasteiger partial charge >= 0.3 is 0 Å². The SMILES string of the molecule is c1ccc2c(c1)OCC(c1ccc(CN3CCOCC3)cc1)O2. The summed E-state index contributed by atoms with van der Waals surface area (Å²) in [4.78, 5) is 2.43. The third-order valence-corrected chi connectivity index (χ3v) is 4.37. The first-order valence-corrected chi connectivity index (χ1v) is 8.16. The number of ether oxygens (including phenoxy) is 3. The van der Waals surface area contributed by atoms with Gasteiger partial charge < -0.3 is 14.2 Å². The first kappa shape index (κ1) is 14.5. The van der Waals surface area contributed by atoms with Gasteiger partial charge in [-0.05, 0) is 23.3 Å².